The first kappa shape index (κ1) is 54.7. The fourth-order valence-electron chi connectivity index (χ4n) is 11.9. The van der Waals surface area contributed by atoms with E-state index in [0.29, 0.717) is 80.4 Å². The second kappa shape index (κ2) is 22.5. The predicted octanol–water partition coefficient (Wildman–Crippen LogP) is 10.4. The van der Waals surface area contributed by atoms with E-state index >= 15 is 0 Å². The van der Waals surface area contributed by atoms with Crippen molar-refractivity contribution in [3.8, 4) is 0 Å². The van der Waals surface area contributed by atoms with Crippen LogP contribution in [0.5, 0.6) is 0 Å². The van der Waals surface area contributed by atoms with Gasteiger partial charge in [0.2, 0.25) is 20.0 Å². The summed E-state index contributed by atoms with van der Waals surface area (Å²) in [5, 5.41) is 24.3. The SMILES string of the molecule is CCC(O)(CCC1=Cc2cc(Cl)ccc2C(C2CCN(S(C)(=O)=O)CC2)c2ncccc21)c1cn(C)cn1.CCC(O)(CCC1=Cc2cc(Cl)ccc2C(C2CCN(S(C)(=O)=O)CC2)c2ncccc21)c1cnc[nH]1. The van der Waals surface area contributed by atoms with Gasteiger partial charge < -0.3 is 19.8 Å². The summed E-state index contributed by atoms with van der Waals surface area (Å²) in [4.78, 5) is 21.5. The van der Waals surface area contributed by atoms with Gasteiger partial charge in [-0.15, -0.1) is 0 Å². The van der Waals surface area contributed by atoms with Gasteiger partial charge >= 0.3 is 0 Å². The number of H-pyrrole nitrogens is 1. The molecule has 2 saturated heterocycles. The lowest BCUT2D eigenvalue weighted by molar-refractivity contribution is 0.0206. The van der Waals surface area contributed by atoms with Crippen molar-refractivity contribution in [1.29, 1.82) is 0 Å². The summed E-state index contributed by atoms with van der Waals surface area (Å²) in [5.74, 6) is 0.540. The van der Waals surface area contributed by atoms with Crippen molar-refractivity contribution in [2.45, 2.75) is 101 Å². The van der Waals surface area contributed by atoms with Crippen LogP contribution >= 0.6 is 23.2 Å². The number of hydrogen-bond acceptors (Lipinski definition) is 10. The first-order chi connectivity index (χ1) is 35.8. The summed E-state index contributed by atoms with van der Waals surface area (Å²) < 4.78 is 53.6. The largest absolute Gasteiger partial charge is 0.384 e. The molecular formula is C57H68Cl2N8O6S2. The standard InChI is InChI=1S/C29H35ClN4O3S.C28H33ClN4O3S/c1-4-29(35,26-18-33(2)19-32-26)12-9-21-16-22-17-23(30)7-8-24(22)27(28-25(21)6-5-13-31-28)20-10-14-34(15-11-20)38(3,36)37;1-3-28(34,25-17-30-18-32-25)11-8-20-15-21-16-22(29)6-7-23(21)26(27-24(20)5-4-12-31-27)19-9-13-33(14-10-19)37(2,35)36/h5-8,13,16-20,27,35H,4,9-12,14-15H2,1-3H3;4-7,12,15-19,26,34H,3,8-11,13-14H2,1-2H3,(H,30,32). The van der Waals surface area contributed by atoms with Crippen molar-refractivity contribution in [3.63, 3.8) is 0 Å². The molecule has 2 aromatic carbocycles. The summed E-state index contributed by atoms with van der Waals surface area (Å²) in [6.07, 6.45) is 24.0. The van der Waals surface area contributed by atoms with E-state index in [-0.39, 0.29) is 23.7 Å². The van der Waals surface area contributed by atoms with E-state index < -0.39 is 31.2 Å². The number of hydrogen-bond donors (Lipinski definition) is 3. The molecule has 18 heteroatoms. The van der Waals surface area contributed by atoms with Gasteiger partial charge in [0.1, 0.15) is 11.2 Å². The minimum absolute atomic E-state index is 0.0229. The minimum atomic E-state index is -3.21. The normalized spacial score (nSPS) is 20.3. The molecule has 0 radical (unpaired) electrons. The number of piperidine rings is 2. The molecule has 398 valence electrons. The second-order valence-electron chi connectivity index (χ2n) is 20.9. The number of nitrogens with zero attached hydrogens (tertiary/aromatic N) is 7. The number of nitrogens with one attached hydrogen (secondary N) is 1. The van der Waals surface area contributed by atoms with Gasteiger partial charge in [-0.25, -0.2) is 35.4 Å². The number of aromatic nitrogens is 6. The number of aryl methyl sites for hydroxylation is 1. The monoisotopic (exact) mass is 1090 g/mol. The van der Waals surface area contributed by atoms with Crippen LogP contribution in [-0.2, 0) is 38.3 Å². The highest BCUT2D eigenvalue weighted by molar-refractivity contribution is 7.88. The molecule has 0 bridgehead atoms. The average molecular weight is 1100 g/mol. The van der Waals surface area contributed by atoms with E-state index in [9.17, 15) is 27.0 Å². The highest BCUT2D eigenvalue weighted by Crippen LogP contribution is 2.48. The number of allylic oxidation sites excluding steroid dienone is 2. The maximum atomic E-state index is 12.1. The second-order valence-corrected chi connectivity index (χ2v) is 25.7. The van der Waals surface area contributed by atoms with Gasteiger partial charge in [0.25, 0.3) is 0 Å². The molecule has 4 unspecified atom stereocenters. The van der Waals surface area contributed by atoms with Crippen molar-refractivity contribution < 1.29 is 27.0 Å². The number of sulfonamides is 2. The third-order valence-electron chi connectivity index (χ3n) is 16.2. The number of aliphatic hydroxyl groups is 2. The van der Waals surface area contributed by atoms with Crippen LogP contribution in [0.3, 0.4) is 0 Å². The molecule has 2 fully saturated rings. The first-order valence-electron chi connectivity index (χ1n) is 26.0. The molecule has 2 aliphatic carbocycles. The summed E-state index contributed by atoms with van der Waals surface area (Å²) in [6.45, 7) is 6.02. The van der Waals surface area contributed by atoms with Crippen LogP contribution in [0.15, 0.2) is 98.1 Å². The molecule has 0 saturated carbocycles. The zero-order chi connectivity index (χ0) is 53.3. The fourth-order valence-corrected chi connectivity index (χ4v) is 14.0. The topological polar surface area (TPSA) is 187 Å². The van der Waals surface area contributed by atoms with Gasteiger partial charge in [0.15, 0.2) is 0 Å². The van der Waals surface area contributed by atoms with Crippen molar-refractivity contribution >= 4 is 66.5 Å². The van der Waals surface area contributed by atoms with Crippen LogP contribution in [-0.4, -0.2) is 104 Å². The van der Waals surface area contributed by atoms with Crippen LogP contribution < -0.4 is 0 Å². The molecule has 0 spiro atoms. The number of pyridine rings is 2. The molecule has 6 heterocycles. The van der Waals surface area contributed by atoms with Crippen molar-refractivity contribution in [2.75, 3.05) is 38.7 Å². The van der Waals surface area contributed by atoms with E-state index in [1.807, 2.05) is 80.5 Å². The highest BCUT2D eigenvalue weighted by Gasteiger charge is 2.39. The third-order valence-corrected chi connectivity index (χ3v) is 19.3. The summed E-state index contributed by atoms with van der Waals surface area (Å²) >= 11 is 12.9. The van der Waals surface area contributed by atoms with Gasteiger partial charge in [-0.3, -0.25) is 9.97 Å². The van der Waals surface area contributed by atoms with Crippen molar-refractivity contribution in [2.24, 2.45) is 18.9 Å². The van der Waals surface area contributed by atoms with E-state index in [4.69, 9.17) is 33.2 Å². The Morgan fingerprint density at radius 1 is 0.680 bits per heavy atom. The molecule has 10 rings (SSSR count). The number of rotatable bonds is 14. The van der Waals surface area contributed by atoms with E-state index in [1.165, 1.54) is 12.5 Å². The van der Waals surface area contributed by atoms with E-state index in [0.717, 1.165) is 87.3 Å². The fraction of sp³-hybridized carbons (Fsp3) is 0.439. The maximum Gasteiger partial charge on any atom is 0.211 e. The molecule has 0 amide bonds. The predicted molar refractivity (Wildman–Crippen MR) is 298 cm³/mol. The molecule has 75 heavy (non-hydrogen) atoms. The number of halogens is 2. The Bertz CT molecular complexity index is 3290. The van der Waals surface area contributed by atoms with Gasteiger partial charge in [0, 0.05) is 73.7 Å². The molecule has 4 aliphatic rings. The Morgan fingerprint density at radius 2 is 1.15 bits per heavy atom. The number of aromatic amines is 1. The van der Waals surface area contributed by atoms with Crippen LogP contribution in [0.1, 0.15) is 146 Å². The third kappa shape index (κ3) is 11.9. The van der Waals surface area contributed by atoms with Gasteiger partial charge in [-0.05, 0) is 157 Å². The summed E-state index contributed by atoms with van der Waals surface area (Å²) in [6, 6.07) is 20.2. The summed E-state index contributed by atoms with van der Waals surface area (Å²) in [7, 11) is -4.51. The molecule has 14 nitrogen and oxygen atoms in total. The maximum absolute atomic E-state index is 12.1. The number of fused-ring (bicyclic) bond motifs is 4. The molecule has 3 N–H and O–H groups in total. The van der Waals surface area contributed by atoms with Crippen LogP contribution in [0.25, 0.3) is 23.3 Å². The lowest BCUT2D eigenvalue weighted by atomic mass is 9.76. The lowest BCUT2D eigenvalue weighted by Gasteiger charge is -2.35. The quantitative estimate of drug-likeness (QED) is 0.0947. The number of benzene rings is 2. The number of imidazole rings is 2. The molecule has 2 aliphatic heterocycles. The zero-order valence-corrected chi connectivity index (χ0v) is 46.5. The first-order valence-corrected chi connectivity index (χ1v) is 30.5. The highest BCUT2D eigenvalue weighted by atomic mass is 35.5. The molecular weight excluding hydrogens is 1030 g/mol. The smallest absolute Gasteiger partial charge is 0.211 e. The van der Waals surface area contributed by atoms with Gasteiger partial charge in [-0.1, -0.05) is 73.5 Å². The molecule has 4 aromatic heterocycles. The zero-order valence-electron chi connectivity index (χ0n) is 43.3. The van der Waals surface area contributed by atoms with Gasteiger partial charge in [-0.2, -0.15) is 0 Å². The van der Waals surface area contributed by atoms with Crippen LogP contribution in [0.2, 0.25) is 10.0 Å². The molecule has 6 aromatic rings. The Labute approximate surface area is 452 Å². The van der Waals surface area contributed by atoms with Crippen molar-refractivity contribution in [3.05, 3.63) is 164 Å². The van der Waals surface area contributed by atoms with Crippen LogP contribution in [0.4, 0.5) is 0 Å². The lowest BCUT2D eigenvalue weighted by Crippen LogP contribution is -2.39. The van der Waals surface area contributed by atoms with E-state index in [1.54, 1.807) is 27.5 Å². The Hall–Kier alpha value is -5.04. The minimum Gasteiger partial charge on any atom is -0.384 e. The summed E-state index contributed by atoms with van der Waals surface area (Å²) in [5.41, 5.74) is 10.2. The van der Waals surface area contributed by atoms with Gasteiger partial charge in [0.05, 0.1) is 54.1 Å². The Balaban J connectivity index is 0.000000184. The van der Waals surface area contributed by atoms with E-state index in [2.05, 4.69) is 51.4 Å². The van der Waals surface area contributed by atoms with Crippen molar-refractivity contribution in [1.82, 2.24) is 38.1 Å². The molecule has 4 atom stereocenters. The Morgan fingerprint density at radius 3 is 1.55 bits per heavy atom. The average Bonchev–Trinajstić information content (AvgIpc) is 4.07. The Kier molecular flexibility index (Phi) is 16.4. The van der Waals surface area contributed by atoms with Crippen LogP contribution in [0, 0.1) is 11.8 Å².